The standard InChI is InChI=1S/C6H4Cl2N2O.C6H5ClN4.H4N2/c1-3(11)4-2-9-6(8)10-5(4)7;1-3-4-2-8-6(7)9-5(4)11-10-3;1-2/h2H,1H3;2H,1H3,(H,8,9,10,11);1-2H2. The maximum absolute atomic E-state index is 10.8. The maximum atomic E-state index is 10.8. The van der Waals surface area contributed by atoms with Crippen molar-refractivity contribution in [2.24, 2.45) is 11.7 Å². The van der Waals surface area contributed by atoms with Gasteiger partial charge in [0.25, 0.3) is 0 Å². The van der Waals surface area contributed by atoms with Crippen LogP contribution in [0.25, 0.3) is 11.0 Å². The van der Waals surface area contributed by atoms with E-state index in [0.717, 1.165) is 11.1 Å². The fraction of sp³-hybridized carbons (Fsp3) is 0.167. The number of hydrazine groups is 1. The van der Waals surface area contributed by atoms with Crippen LogP contribution in [0.15, 0.2) is 12.4 Å². The number of nitrogens with one attached hydrogen (secondary N) is 1. The normalized spacial score (nSPS) is 9.62. The molecule has 0 amide bonds. The summed E-state index contributed by atoms with van der Waals surface area (Å²) in [5.74, 6) is 7.83. The number of rotatable bonds is 1. The van der Waals surface area contributed by atoms with Crippen LogP contribution in [0.4, 0.5) is 0 Å². The molecule has 0 unspecified atom stereocenters. The second-order valence-electron chi connectivity index (χ2n) is 4.12. The third kappa shape index (κ3) is 5.32. The molecule has 0 saturated heterocycles. The molecule has 0 aliphatic heterocycles. The van der Waals surface area contributed by atoms with Gasteiger partial charge < -0.3 is 0 Å². The molecule has 9 nitrogen and oxygen atoms in total. The number of nitrogens with zero attached hydrogens (tertiary/aromatic N) is 5. The summed E-state index contributed by atoms with van der Waals surface area (Å²) in [6, 6.07) is 0. The lowest BCUT2D eigenvalue weighted by Gasteiger charge is -1.96. The van der Waals surface area contributed by atoms with E-state index in [1.165, 1.54) is 13.1 Å². The molecule has 3 aromatic rings. The van der Waals surface area contributed by atoms with Crippen LogP contribution in [0.1, 0.15) is 23.0 Å². The van der Waals surface area contributed by atoms with Gasteiger partial charge in [0.15, 0.2) is 11.4 Å². The largest absolute Gasteiger partial charge is 0.294 e. The second-order valence-corrected chi connectivity index (χ2v) is 5.16. The molecule has 12 heteroatoms. The van der Waals surface area contributed by atoms with E-state index in [2.05, 4.69) is 41.8 Å². The van der Waals surface area contributed by atoms with Crippen LogP contribution in [0, 0.1) is 6.92 Å². The molecule has 0 aliphatic carbocycles. The van der Waals surface area contributed by atoms with Crippen LogP contribution >= 0.6 is 34.8 Å². The van der Waals surface area contributed by atoms with Crippen LogP contribution in [0.2, 0.25) is 15.7 Å². The molecule has 0 radical (unpaired) electrons. The minimum absolute atomic E-state index is 0.0417. The molecule has 0 bridgehead atoms. The molecule has 3 aromatic heterocycles. The number of carbonyl (C=O) groups is 1. The Bertz CT molecular complexity index is 838. The molecular weight excluding hydrogens is 379 g/mol. The number of nitrogens with two attached hydrogens (primary N) is 2. The zero-order valence-electron chi connectivity index (χ0n) is 12.6. The lowest BCUT2D eigenvalue weighted by Crippen LogP contribution is -2.02. The van der Waals surface area contributed by atoms with Gasteiger partial charge in [-0.15, -0.1) is 0 Å². The summed E-state index contributed by atoms with van der Waals surface area (Å²) >= 11 is 16.5. The minimum Gasteiger partial charge on any atom is -0.294 e. The Hall–Kier alpha value is -1.91. The number of ketones is 1. The van der Waals surface area contributed by atoms with Crippen LogP contribution in [0.3, 0.4) is 0 Å². The third-order valence-electron chi connectivity index (χ3n) is 2.56. The van der Waals surface area contributed by atoms with E-state index < -0.39 is 0 Å². The van der Waals surface area contributed by atoms with E-state index in [1.807, 2.05) is 6.92 Å². The van der Waals surface area contributed by atoms with Crippen LogP contribution < -0.4 is 11.7 Å². The molecule has 3 heterocycles. The SMILES string of the molecule is CC(=O)c1cnc(Cl)nc1Cl.Cc1[nH]nc2nc(Cl)ncc12.NN. The summed E-state index contributed by atoms with van der Waals surface area (Å²) < 4.78 is 0. The van der Waals surface area contributed by atoms with Crippen LogP contribution in [-0.4, -0.2) is 35.9 Å². The number of hydrogen-bond acceptors (Lipinski definition) is 8. The van der Waals surface area contributed by atoms with E-state index in [0.29, 0.717) is 5.65 Å². The first-order chi connectivity index (χ1) is 11.4. The Kier molecular flexibility index (Phi) is 7.89. The van der Waals surface area contributed by atoms with Gasteiger partial charge in [0, 0.05) is 18.1 Å². The summed E-state index contributed by atoms with van der Waals surface area (Å²) in [5.41, 5.74) is 1.86. The molecular formula is C12H13Cl3N8O. The van der Waals surface area contributed by atoms with Crippen molar-refractivity contribution >= 4 is 51.6 Å². The summed E-state index contributed by atoms with van der Waals surface area (Å²) in [4.78, 5) is 25.7. The molecule has 0 aromatic carbocycles. The first-order valence-electron chi connectivity index (χ1n) is 6.24. The number of H-pyrrole nitrogens is 1. The molecule has 0 fully saturated rings. The molecule has 0 atom stereocenters. The van der Waals surface area contributed by atoms with Gasteiger partial charge in [-0.3, -0.25) is 21.6 Å². The molecule has 5 N–H and O–H groups in total. The van der Waals surface area contributed by atoms with Crippen molar-refractivity contribution in [1.82, 2.24) is 30.1 Å². The maximum Gasteiger partial charge on any atom is 0.224 e. The number of aromatic nitrogens is 6. The highest BCUT2D eigenvalue weighted by atomic mass is 35.5. The van der Waals surface area contributed by atoms with Crippen LogP contribution in [-0.2, 0) is 0 Å². The average molecular weight is 392 g/mol. The summed E-state index contributed by atoms with van der Waals surface area (Å²) in [6.45, 7) is 3.30. The van der Waals surface area contributed by atoms with Gasteiger partial charge in [-0.25, -0.2) is 15.0 Å². The minimum atomic E-state index is -0.174. The number of aromatic amines is 1. The third-order valence-corrected chi connectivity index (χ3v) is 3.22. The van der Waals surface area contributed by atoms with Crippen molar-refractivity contribution < 1.29 is 4.79 Å². The number of halogens is 3. The van der Waals surface area contributed by atoms with Crippen molar-refractivity contribution in [1.29, 1.82) is 0 Å². The zero-order chi connectivity index (χ0) is 18.3. The highest BCUT2D eigenvalue weighted by Gasteiger charge is 2.07. The second kappa shape index (κ2) is 9.40. The van der Waals surface area contributed by atoms with E-state index >= 15 is 0 Å². The van der Waals surface area contributed by atoms with Gasteiger partial charge in [0.2, 0.25) is 10.6 Å². The summed E-state index contributed by atoms with van der Waals surface area (Å²) in [6.07, 6.45) is 2.96. The lowest BCUT2D eigenvalue weighted by molar-refractivity contribution is 0.101. The number of Topliss-reactive ketones (excluding diaryl/α,β-unsaturated/α-hetero) is 1. The smallest absolute Gasteiger partial charge is 0.224 e. The number of fused-ring (bicyclic) bond motifs is 1. The topological polar surface area (TPSA) is 149 Å². The Morgan fingerprint density at radius 1 is 1.08 bits per heavy atom. The van der Waals surface area contributed by atoms with Crippen molar-refractivity contribution in [3.8, 4) is 0 Å². The van der Waals surface area contributed by atoms with E-state index in [1.54, 1.807) is 6.20 Å². The van der Waals surface area contributed by atoms with Crippen molar-refractivity contribution in [2.45, 2.75) is 13.8 Å². The Labute approximate surface area is 151 Å². The first kappa shape index (κ1) is 20.1. The van der Waals surface area contributed by atoms with Crippen molar-refractivity contribution in [2.75, 3.05) is 0 Å². The Morgan fingerprint density at radius 2 is 1.67 bits per heavy atom. The fourth-order valence-corrected chi connectivity index (χ4v) is 2.04. The molecule has 24 heavy (non-hydrogen) atoms. The monoisotopic (exact) mass is 390 g/mol. The highest BCUT2D eigenvalue weighted by molar-refractivity contribution is 6.34. The highest BCUT2D eigenvalue weighted by Crippen LogP contribution is 2.14. The Balaban J connectivity index is 0.000000218. The number of carbonyl (C=O) groups excluding carboxylic acids is 1. The first-order valence-corrected chi connectivity index (χ1v) is 7.37. The average Bonchev–Trinajstić information content (AvgIpc) is 2.90. The van der Waals surface area contributed by atoms with Gasteiger partial charge in [-0.1, -0.05) is 11.6 Å². The molecule has 0 saturated carbocycles. The quantitative estimate of drug-likeness (QED) is 0.188. The lowest BCUT2D eigenvalue weighted by atomic mass is 10.2. The molecule has 0 aliphatic rings. The van der Waals surface area contributed by atoms with Crippen LogP contribution in [0.5, 0.6) is 0 Å². The fourth-order valence-electron chi connectivity index (χ4n) is 1.48. The number of hydrogen-bond donors (Lipinski definition) is 3. The van der Waals surface area contributed by atoms with E-state index in [-0.39, 0.29) is 27.1 Å². The van der Waals surface area contributed by atoms with Gasteiger partial charge in [-0.05, 0) is 37.0 Å². The Morgan fingerprint density at radius 3 is 2.25 bits per heavy atom. The zero-order valence-corrected chi connectivity index (χ0v) is 14.9. The molecule has 0 spiro atoms. The van der Waals surface area contributed by atoms with Crippen molar-refractivity contribution in [3.63, 3.8) is 0 Å². The van der Waals surface area contributed by atoms with E-state index in [9.17, 15) is 4.79 Å². The summed E-state index contributed by atoms with van der Waals surface area (Å²) in [7, 11) is 0. The van der Waals surface area contributed by atoms with E-state index in [4.69, 9.17) is 34.8 Å². The molecule has 128 valence electrons. The predicted molar refractivity (Wildman–Crippen MR) is 91.9 cm³/mol. The predicted octanol–water partition coefficient (Wildman–Crippen LogP) is 2.12. The van der Waals surface area contributed by atoms with Gasteiger partial charge in [0.1, 0.15) is 5.15 Å². The summed E-state index contributed by atoms with van der Waals surface area (Å²) in [5, 5.41) is 7.99. The molecule has 3 rings (SSSR count). The van der Waals surface area contributed by atoms with Crippen molar-refractivity contribution in [3.05, 3.63) is 39.4 Å². The number of aryl methyl sites for hydroxylation is 1. The van der Waals surface area contributed by atoms with Gasteiger partial charge in [0.05, 0.1) is 10.9 Å². The van der Waals surface area contributed by atoms with Gasteiger partial charge >= 0.3 is 0 Å². The van der Waals surface area contributed by atoms with Gasteiger partial charge in [-0.2, -0.15) is 10.1 Å².